The molecule has 1 N–H and O–H groups in total. The van der Waals surface area contributed by atoms with Crippen LogP contribution in [0.2, 0.25) is 0 Å². The van der Waals surface area contributed by atoms with Crippen LogP contribution in [0.25, 0.3) is 0 Å². The van der Waals surface area contributed by atoms with Gasteiger partial charge in [-0.05, 0) is 31.2 Å². The minimum absolute atomic E-state index is 0.293. The van der Waals surface area contributed by atoms with Crippen LogP contribution in [0.1, 0.15) is 31.1 Å². The van der Waals surface area contributed by atoms with E-state index in [9.17, 15) is 0 Å². The Labute approximate surface area is 123 Å². The quantitative estimate of drug-likeness (QED) is 0.849. The average molecular weight is 292 g/mol. The van der Waals surface area contributed by atoms with Gasteiger partial charge in [0.15, 0.2) is 11.5 Å². The number of hydrogen-bond donors (Lipinski definition) is 1. The first-order valence-electron chi connectivity index (χ1n) is 6.65. The molecule has 0 saturated heterocycles. The predicted octanol–water partition coefficient (Wildman–Crippen LogP) is 3.40. The van der Waals surface area contributed by atoms with Crippen LogP contribution in [0, 0.1) is 0 Å². The molecule has 0 radical (unpaired) electrons. The topological polar surface area (TPSA) is 43.4 Å². The third kappa shape index (κ3) is 3.71. The molecule has 1 aromatic heterocycles. The van der Waals surface area contributed by atoms with Crippen molar-refractivity contribution < 1.29 is 9.47 Å². The highest BCUT2D eigenvalue weighted by atomic mass is 32.1. The highest BCUT2D eigenvalue weighted by molar-refractivity contribution is 7.07. The van der Waals surface area contributed by atoms with Gasteiger partial charge in [0.05, 0.1) is 18.3 Å². The number of aromatic nitrogens is 1. The van der Waals surface area contributed by atoms with Crippen LogP contribution < -0.4 is 14.8 Å². The molecule has 1 aromatic carbocycles. The Morgan fingerprint density at radius 2 is 2.20 bits per heavy atom. The molecule has 0 spiro atoms. The third-order valence-electron chi connectivity index (χ3n) is 3.06. The van der Waals surface area contributed by atoms with E-state index < -0.39 is 0 Å². The summed E-state index contributed by atoms with van der Waals surface area (Å²) < 4.78 is 11.2. The molecule has 2 aromatic rings. The molecule has 1 atom stereocenters. The lowest BCUT2D eigenvalue weighted by atomic mass is 10.1. The zero-order valence-electron chi connectivity index (χ0n) is 12.1. The van der Waals surface area contributed by atoms with Gasteiger partial charge in [-0.2, -0.15) is 0 Å². The first-order chi connectivity index (χ1) is 9.74. The Kier molecular flexibility index (Phi) is 5.38. The van der Waals surface area contributed by atoms with Crippen molar-refractivity contribution in [3.8, 4) is 11.5 Å². The monoisotopic (exact) mass is 292 g/mol. The average Bonchev–Trinajstić information content (AvgIpc) is 2.98. The molecular formula is C15H20N2O2S. The first kappa shape index (κ1) is 14.8. The largest absolute Gasteiger partial charge is 0.493 e. The fraction of sp³-hybridized carbons (Fsp3) is 0.400. The van der Waals surface area contributed by atoms with E-state index in [1.165, 1.54) is 5.56 Å². The molecule has 0 amide bonds. The van der Waals surface area contributed by atoms with E-state index in [1.54, 1.807) is 24.0 Å². The fourth-order valence-electron chi connectivity index (χ4n) is 1.96. The van der Waals surface area contributed by atoms with Crippen molar-refractivity contribution in [2.24, 2.45) is 0 Å². The number of nitrogens with zero attached hydrogens (tertiary/aromatic N) is 1. The van der Waals surface area contributed by atoms with Crippen LogP contribution in [0.4, 0.5) is 0 Å². The van der Waals surface area contributed by atoms with E-state index in [-0.39, 0.29) is 0 Å². The Morgan fingerprint density at radius 3 is 2.85 bits per heavy atom. The summed E-state index contributed by atoms with van der Waals surface area (Å²) in [6.07, 6.45) is 0. The maximum absolute atomic E-state index is 5.77. The number of ether oxygens (including phenoxy) is 2. The van der Waals surface area contributed by atoms with Crippen LogP contribution >= 0.6 is 11.3 Å². The minimum atomic E-state index is 0.293. The summed E-state index contributed by atoms with van der Waals surface area (Å²) in [4.78, 5) is 4.20. The molecule has 108 valence electrons. The molecule has 0 fully saturated rings. The Hall–Kier alpha value is -1.59. The fourth-order valence-corrected chi connectivity index (χ4v) is 2.50. The zero-order valence-corrected chi connectivity index (χ0v) is 12.9. The van der Waals surface area contributed by atoms with Crippen LogP contribution in [-0.2, 0) is 6.61 Å². The van der Waals surface area contributed by atoms with Gasteiger partial charge in [-0.15, -0.1) is 11.3 Å². The van der Waals surface area contributed by atoms with Gasteiger partial charge in [0, 0.05) is 11.4 Å². The maximum atomic E-state index is 5.77. The van der Waals surface area contributed by atoms with Crippen molar-refractivity contribution in [2.75, 3.05) is 13.7 Å². The van der Waals surface area contributed by atoms with Gasteiger partial charge >= 0.3 is 0 Å². The SMILES string of the molecule is CCNC(C)c1ccc(OCc2cscn2)c(OC)c1. The number of rotatable bonds is 7. The second-order valence-electron chi connectivity index (χ2n) is 4.46. The van der Waals surface area contributed by atoms with Gasteiger partial charge in [-0.3, -0.25) is 0 Å². The van der Waals surface area contributed by atoms with Crippen molar-refractivity contribution in [3.63, 3.8) is 0 Å². The Bertz CT molecular complexity index is 529. The molecule has 0 aliphatic rings. The molecule has 5 heteroatoms. The molecule has 0 aliphatic heterocycles. The van der Waals surface area contributed by atoms with Crippen molar-refractivity contribution in [1.29, 1.82) is 0 Å². The van der Waals surface area contributed by atoms with E-state index in [0.717, 1.165) is 23.7 Å². The minimum Gasteiger partial charge on any atom is -0.493 e. The molecule has 2 rings (SSSR count). The third-order valence-corrected chi connectivity index (χ3v) is 3.69. The van der Waals surface area contributed by atoms with Crippen molar-refractivity contribution >= 4 is 11.3 Å². The van der Waals surface area contributed by atoms with Crippen LogP contribution in [0.15, 0.2) is 29.1 Å². The lowest BCUT2D eigenvalue weighted by molar-refractivity contribution is 0.281. The molecule has 1 unspecified atom stereocenters. The molecule has 0 aliphatic carbocycles. The summed E-state index contributed by atoms with van der Waals surface area (Å²) in [7, 11) is 1.66. The van der Waals surface area contributed by atoms with Crippen LogP contribution in [0.3, 0.4) is 0 Å². The standard InChI is InChI=1S/C15H20N2O2S/c1-4-16-11(2)12-5-6-14(15(7-12)18-3)19-8-13-9-20-10-17-13/h5-7,9-11,16H,4,8H2,1-3H3. The van der Waals surface area contributed by atoms with E-state index in [2.05, 4.69) is 30.2 Å². The number of benzene rings is 1. The molecule has 0 bridgehead atoms. The lowest BCUT2D eigenvalue weighted by Gasteiger charge is -2.16. The number of hydrogen-bond acceptors (Lipinski definition) is 5. The summed E-state index contributed by atoms with van der Waals surface area (Å²) in [5, 5.41) is 5.36. The summed E-state index contributed by atoms with van der Waals surface area (Å²) in [5.41, 5.74) is 3.92. The Balaban J connectivity index is 2.09. The van der Waals surface area contributed by atoms with Gasteiger partial charge in [0.1, 0.15) is 6.61 Å². The van der Waals surface area contributed by atoms with Gasteiger partial charge in [0.25, 0.3) is 0 Å². The summed E-state index contributed by atoms with van der Waals surface area (Å²) >= 11 is 1.57. The van der Waals surface area contributed by atoms with E-state index in [0.29, 0.717) is 12.6 Å². The van der Waals surface area contributed by atoms with Crippen LogP contribution in [0.5, 0.6) is 11.5 Å². The lowest BCUT2D eigenvalue weighted by Crippen LogP contribution is -2.17. The van der Waals surface area contributed by atoms with E-state index >= 15 is 0 Å². The van der Waals surface area contributed by atoms with Crippen molar-refractivity contribution in [2.45, 2.75) is 26.5 Å². The van der Waals surface area contributed by atoms with E-state index in [1.807, 2.05) is 17.5 Å². The summed E-state index contributed by atoms with van der Waals surface area (Å²) in [5.74, 6) is 1.50. The summed E-state index contributed by atoms with van der Waals surface area (Å²) in [6.45, 7) is 5.63. The zero-order chi connectivity index (χ0) is 14.4. The Morgan fingerprint density at radius 1 is 1.35 bits per heavy atom. The number of nitrogens with one attached hydrogen (secondary N) is 1. The second kappa shape index (κ2) is 7.26. The summed E-state index contributed by atoms with van der Waals surface area (Å²) in [6, 6.07) is 6.33. The first-order valence-corrected chi connectivity index (χ1v) is 7.60. The van der Waals surface area contributed by atoms with Crippen molar-refractivity contribution in [1.82, 2.24) is 10.3 Å². The normalized spacial score (nSPS) is 12.2. The maximum Gasteiger partial charge on any atom is 0.161 e. The molecule has 20 heavy (non-hydrogen) atoms. The van der Waals surface area contributed by atoms with Gasteiger partial charge in [0.2, 0.25) is 0 Å². The second-order valence-corrected chi connectivity index (χ2v) is 5.18. The molecule has 1 heterocycles. The predicted molar refractivity (Wildman–Crippen MR) is 81.5 cm³/mol. The van der Waals surface area contributed by atoms with Gasteiger partial charge in [-0.1, -0.05) is 13.0 Å². The number of methoxy groups -OCH3 is 1. The highest BCUT2D eigenvalue weighted by Gasteiger charge is 2.10. The highest BCUT2D eigenvalue weighted by Crippen LogP contribution is 2.30. The molecular weight excluding hydrogens is 272 g/mol. The smallest absolute Gasteiger partial charge is 0.161 e. The molecule has 4 nitrogen and oxygen atoms in total. The van der Waals surface area contributed by atoms with Crippen LogP contribution in [-0.4, -0.2) is 18.6 Å². The van der Waals surface area contributed by atoms with Crippen molar-refractivity contribution in [3.05, 3.63) is 40.3 Å². The van der Waals surface area contributed by atoms with Gasteiger partial charge in [-0.25, -0.2) is 4.98 Å². The molecule has 0 saturated carbocycles. The van der Waals surface area contributed by atoms with E-state index in [4.69, 9.17) is 9.47 Å². The van der Waals surface area contributed by atoms with Gasteiger partial charge < -0.3 is 14.8 Å². The number of thiazole rings is 1.